The van der Waals surface area contributed by atoms with E-state index < -0.39 is 178 Å². The predicted molar refractivity (Wildman–Crippen MR) is 385 cm³/mol. The molecule has 1 unspecified atom stereocenters. The molecule has 4 amide bonds. The number of sulfone groups is 4. The van der Waals surface area contributed by atoms with Gasteiger partial charge in [-0.25, -0.2) is 46.9 Å². The molecule has 0 radical (unpaired) electrons. The first-order valence-electron chi connectivity index (χ1n) is 33.1. The first kappa shape index (κ1) is 102. The van der Waals surface area contributed by atoms with Crippen LogP contribution < -0.4 is 49.1 Å². The molecule has 634 valence electrons. The van der Waals surface area contributed by atoms with E-state index >= 15 is 0 Å². The van der Waals surface area contributed by atoms with Crippen LogP contribution in [0.25, 0.3) is 0 Å². The van der Waals surface area contributed by atoms with Crippen LogP contribution in [0.2, 0.25) is 39.3 Å². The van der Waals surface area contributed by atoms with Gasteiger partial charge in [0, 0.05) is 18.4 Å². The van der Waals surface area contributed by atoms with Gasteiger partial charge in [0.2, 0.25) is 40.3 Å². The molecule has 0 aliphatic carbocycles. The average molecular weight is 1750 g/mol. The third-order valence-electron chi connectivity index (χ3n) is 19.3. The van der Waals surface area contributed by atoms with Crippen molar-refractivity contribution in [2.45, 2.75) is 258 Å². The van der Waals surface area contributed by atoms with Crippen molar-refractivity contribution in [3.05, 3.63) is 49.6 Å². The van der Waals surface area contributed by atoms with Crippen molar-refractivity contribution >= 4 is 120 Å². The van der Waals surface area contributed by atoms with Crippen LogP contribution in [-0.2, 0) is 142 Å². The summed E-state index contributed by atoms with van der Waals surface area (Å²) in [6.07, 6.45) is 15.3. The number of carboxylic acid groups (broad SMARTS) is 3. The van der Waals surface area contributed by atoms with Crippen molar-refractivity contribution in [1.29, 1.82) is 0 Å². The Labute approximate surface area is 678 Å². The number of aliphatic carboxylic acids is 3. The first-order chi connectivity index (χ1) is 49.3. The van der Waals surface area contributed by atoms with Crippen molar-refractivity contribution in [3.8, 4) is 0 Å². The van der Waals surface area contributed by atoms with Crippen LogP contribution in [0.5, 0.6) is 0 Å². The van der Waals surface area contributed by atoms with Crippen molar-refractivity contribution in [2.24, 2.45) is 20.0 Å². The summed E-state index contributed by atoms with van der Waals surface area (Å²) in [5.41, 5.74) is -5.65. The largest absolute Gasteiger partial charge is 1.00 e. The zero-order valence-corrected chi connectivity index (χ0v) is 70.0. The molecule has 52 heteroatoms. The molecule has 12 rings (SSSR count). The second-order valence-corrected chi connectivity index (χ2v) is 49.9. The quantitative estimate of drug-likeness (QED) is 0.0301. The van der Waals surface area contributed by atoms with E-state index in [0.29, 0.717) is 6.42 Å². The maximum absolute atomic E-state index is 13.1. The first-order valence-corrected chi connectivity index (χ1v) is 47.5. The maximum Gasteiger partial charge on any atom is 1.00 e. The molecule has 113 heavy (non-hydrogen) atoms. The summed E-state index contributed by atoms with van der Waals surface area (Å²) in [6.45, 7) is 20.2. The minimum absolute atomic E-state index is 0. The van der Waals surface area contributed by atoms with Gasteiger partial charge in [-0.1, -0.05) is 66.8 Å². The van der Waals surface area contributed by atoms with Gasteiger partial charge in [0.1, 0.15) is 67.7 Å². The van der Waals surface area contributed by atoms with Crippen LogP contribution in [0.15, 0.2) is 49.6 Å². The minimum Gasteiger partial charge on any atom is -0.741 e. The number of β-lactam (4-membered cyclic amide) rings is 4. The number of carbonyl (C=O) groups is 9. The summed E-state index contributed by atoms with van der Waals surface area (Å²) in [6, 6.07) is -5.21. The molecule has 41 nitrogen and oxygen atoms in total. The summed E-state index contributed by atoms with van der Waals surface area (Å²) in [5.74, 6) is -6.91. The van der Waals surface area contributed by atoms with Crippen LogP contribution in [-0.4, -0.2) is 261 Å². The molecule has 8 saturated heterocycles. The van der Waals surface area contributed by atoms with Gasteiger partial charge < -0.3 is 57.9 Å². The number of carbonyl (C=O) groups excluding carboxylic acids is 8. The molecular weight excluding hydrogens is 1650 g/mol. The topological polar surface area (TPSA) is 550 Å². The van der Waals surface area contributed by atoms with Gasteiger partial charge in [-0.15, -0.1) is 28.9 Å². The van der Waals surface area contributed by atoms with Crippen LogP contribution in [0.4, 0.5) is 13.2 Å². The number of nitrogens with zero attached hydrogens (tertiary/aromatic N) is 16. The molecule has 13 atom stereocenters. The Hall–Kier alpha value is -7.28. The molecule has 0 spiro atoms. The smallest absolute Gasteiger partial charge is 0.741 e. The fourth-order valence-electron chi connectivity index (χ4n) is 13.7. The summed E-state index contributed by atoms with van der Waals surface area (Å²) in [7, 11) is -22.3. The number of alkyl halides is 3. The van der Waals surface area contributed by atoms with Gasteiger partial charge in [0.05, 0.1) is 73.6 Å². The number of aromatic nitrogens is 12. The number of amides is 4. The predicted octanol–water partition coefficient (Wildman–Crippen LogP) is -5.43. The average Bonchev–Trinajstić information content (AvgIpc) is 1.55. The standard InChI is InChI=1S/C14H23N4O5SSi.C13H20N4O5SSi.C11H14N4O5S.C10H12N4O5S.C8H16O2.CHF3O3S.4CH4.Na/c1-14(9-17-7-6-16(2)15-17)12(13(20)23-25(3,4)5)18-10(19)8-11(18)24(14,21)22;1-13(8-16-6-5-14-15-16)11(12(19)22-24(2,3)4)17-9(18)7-10(17)23(13,20)21;1-11(6-14-4-3-13(2)12-14)9(10(17)18)15-7(16)5-8(15)21(11,19)20;1-10(5-13-3-2-11-12-13)8(9(16)17)14-6(15)4-7(14)20(10,18)19;1-3-5-6-7(4-2)8(9)10;2-1(3,4)8(5,6)7;;;;;/h6-7,11-12H,8-9H2,1-5H3;5-6,10-11H,7-8H2,1-4H3;3-4,8-9H,5-6H2,1-2H3;2-3,7-8H,4-5H2,1H3,(H,16,17);7H,3-6H2,1-2H3,(H,9,10);(H,5,6,7);4*1H4;/q+1;;;;;;;;;;+1/p-2/t11-,12+,14+;10-,11+,13+;8-,9+,11+;7-,8+,10+;;;;;;;/m1111......./s1. The summed E-state index contributed by atoms with van der Waals surface area (Å²) in [5, 5.41) is 50.0. The molecule has 4 aromatic heterocycles. The van der Waals surface area contributed by atoms with E-state index in [1.165, 1.54) is 80.8 Å². The number of unbranched alkanes of at least 4 members (excludes halogenated alkanes) is 1. The number of halogens is 3. The Balaban J connectivity index is 0.000000471. The monoisotopic (exact) mass is 1750 g/mol. The van der Waals surface area contributed by atoms with E-state index in [-0.39, 0.29) is 129 Å². The van der Waals surface area contributed by atoms with E-state index in [2.05, 4.69) is 38.0 Å². The Bertz CT molecular complexity index is 4770. The third kappa shape index (κ3) is 19.6. The van der Waals surface area contributed by atoms with E-state index in [4.69, 9.17) is 21.8 Å². The number of aryl methyl sites for hydroxylation is 2. The zero-order chi connectivity index (χ0) is 82.0. The fourth-order valence-corrected chi connectivity index (χ4v) is 24.5. The van der Waals surface area contributed by atoms with E-state index in [1.54, 1.807) is 43.6 Å². The maximum atomic E-state index is 13.1. The Morgan fingerprint density at radius 3 is 1.07 bits per heavy atom. The molecular formula is C61H100F3N16NaO25S5Si2. The molecule has 8 fully saturated rings. The van der Waals surface area contributed by atoms with Gasteiger partial charge in [-0.3, -0.25) is 38.1 Å². The number of fused-ring (bicyclic) bond motifs is 4. The second-order valence-electron chi connectivity index (χ2n) is 29.4. The van der Waals surface area contributed by atoms with E-state index in [0.717, 1.165) is 34.0 Å². The summed E-state index contributed by atoms with van der Waals surface area (Å²) >= 11 is 0. The molecule has 0 aromatic carbocycles. The van der Waals surface area contributed by atoms with E-state index in [1.807, 2.05) is 46.2 Å². The number of hydrogen-bond acceptors (Lipinski definition) is 30. The van der Waals surface area contributed by atoms with Crippen molar-refractivity contribution < 1.29 is 166 Å². The van der Waals surface area contributed by atoms with Crippen molar-refractivity contribution in [2.75, 3.05) is 0 Å². The van der Waals surface area contributed by atoms with Crippen molar-refractivity contribution in [3.63, 3.8) is 0 Å². The van der Waals surface area contributed by atoms with Gasteiger partial charge in [-0.05, 0) is 85.7 Å². The van der Waals surface area contributed by atoms with Crippen LogP contribution in [0.1, 0.15) is 123 Å². The molecule has 8 aliphatic heterocycles. The molecule has 8 aliphatic rings. The molecule has 0 bridgehead atoms. The normalized spacial score (nSPS) is 28.0. The second kappa shape index (κ2) is 36.1. The Morgan fingerprint density at radius 1 is 0.566 bits per heavy atom. The molecule has 1 N–H and O–H groups in total. The van der Waals surface area contributed by atoms with Crippen LogP contribution >= 0.6 is 0 Å². The number of hydrogen-bond donors (Lipinski definition) is 1. The summed E-state index contributed by atoms with van der Waals surface area (Å²) < 4.78 is 175. The fraction of sp³-hybridized carbons (Fsp3) is 0.721. The van der Waals surface area contributed by atoms with Gasteiger partial charge >= 0.3 is 53.0 Å². The number of carboxylic acids is 3. The van der Waals surface area contributed by atoms with Crippen LogP contribution in [0, 0.1) is 5.92 Å². The minimum atomic E-state index is -6.09. The van der Waals surface area contributed by atoms with Gasteiger partial charge in [0.25, 0.3) is 0 Å². The van der Waals surface area contributed by atoms with Crippen molar-refractivity contribution in [1.82, 2.24) is 69.4 Å². The Morgan fingerprint density at radius 2 is 0.850 bits per heavy atom. The molecule has 0 saturated carbocycles. The molecule has 4 aromatic rings. The van der Waals surface area contributed by atoms with Crippen LogP contribution in [0.3, 0.4) is 0 Å². The number of rotatable bonds is 19. The van der Waals surface area contributed by atoms with E-state index in [9.17, 15) is 105 Å². The summed E-state index contributed by atoms with van der Waals surface area (Å²) in [4.78, 5) is 110. The van der Waals surface area contributed by atoms with Gasteiger partial charge in [-0.2, -0.15) is 13.2 Å². The Kier molecular flexibility index (Phi) is 32.5. The molecule has 12 heterocycles. The van der Waals surface area contributed by atoms with Gasteiger partial charge in [0.15, 0.2) is 92.4 Å². The third-order valence-corrected chi connectivity index (χ3v) is 32.5. The SMILES string of the molecule is C.C.C.C.CCCCC(CC)C(=O)[O-].C[C@]1(Cn2ccnn2)[C@H](C(=O)O)N2C(=O)C[C@H]2S1(=O)=O.C[C@]1(Cn2ccnn2)[C@H](C(=O)O[Si](C)(C)C)N2C(=O)C[C@H]2S1(=O)=O.C[n+]1ccn(C[C@@]2(C)[C@H](C(=O)O[Si](C)(C)C)N3C(=O)C[C@H]3S2(=O)=O)n1.C[n+]1ccn(C[C@@]2(C)[C@H](C(=O)[O-])N3C(=O)C[C@H]3S2(=O)=O)n1.O=S(=O)([O-])C(F)(F)F.[Na+]. The zero-order valence-electron chi connectivity index (χ0n) is 61.9.